The maximum absolute atomic E-state index is 12.1. The number of carbonyl (C=O) groups is 3. The summed E-state index contributed by atoms with van der Waals surface area (Å²) < 4.78 is 16.3. The molecule has 1 heterocycles. The fourth-order valence-corrected chi connectivity index (χ4v) is 3.03. The normalized spacial score (nSPS) is 11.9. The largest absolute Gasteiger partial charge is 0.379 e. The van der Waals surface area contributed by atoms with Crippen LogP contribution in [0.25, 0.3) is 0 Å². The summed E-state index contributed by atoms with van der Waals surface area (Å²) in [7, 11) is 0. The number of hydrogen-bond donors (Lipinski definition) is 3. The third-order valence-electron chi connectivity index (χ3n) is 5.04. The number of carbonyl (C=O) groups excluding carboxylic acids is 3. The van der Waals surface area contributed by atoms with Crippen LogP contribution in [0.3, 0.4) is 0 Å². The zero-order chi connectivity index (χ0) is 25.0. The number of nitrogens with two attached hydrogens (primary N) is 2. The molecule has 1 atom stereocenters. The number of amides is 1. The van der Waals surface area contributed by atoms with Crippen LogP contribution in [-0.4, -0.2) is 74.7 Å². The summed E-state index contributed by atoms with van der Waals surface area (Å²) in [5.74, 6) is -0.224. The van der Waals surface area contributed by atoms with Crippen LogP contribution in [0.4, 0.5) is 0 Å². The number of pyridine rings is 1. The van der Waals surface area contributed by atoms with Crippen molar-refractivity contribution in [2.45, 2.75) is 58.0 Å². The van der Waals surface area contributed by atoms with Crippen molar-refractivity contribution in [3.63, 3.8) is 0 Å². The van der Waals surface area contributed by atoms with Crippen LogP contribution < -0.4 is 16.8 Å². The van der Waals surface area contributed by atoms with E-state index in [4.69, 9.17) is 25.7 Å². The average Bonchev–Trinajstić information content (AvgIpc) is 2.84. The zero-order valence-electron chi connectivity index (χ0n) is 20.3. The average molecular weight is 481 g/mol. The number of unbranched alkanes of at least 4 members (excludes halogenated alkanes) is 1. The molecule has 1 aromatic heterocycles. The standard InChI is InChI=1S/C24H40N4O6/c1-19(29)22(5-2-3-10-25)28-24(31)9-12-33-14-16-34-15-13-32-11-4-6-23(30)20-7-8-21(17-26)27-18-20/h7-8,18,22H,2-6,9-17,25-26H2,1H3,(H,28,31). The van der Waals surface area contributed by atoms with E-state index in [9.17, 15) is 14.4 Å². The molecule has 1 aromatic rings. The SMILES string of the molecule is CC(=O)C(CCCCN)NC(=O)CCOCCOCCOCCCC(=O)c1ccc(CN)nc1. The molecular weight excluding hydrogens is 440 g/mol. The van der Waals surface area contributed by atoms with Gasteiger partial charge >= 0.3 is 0 Å². The van der Waals surface area contributed by atoms with Gasteiger partial charge in [-0.15, -0.1) is 0 Å². The van der Waals surface area contributed by atoms with Gasteiger partial charge in [0.2, 0.25) is 5.91 Å². The summed E-state index contributed by atoms with van der Waals surface area (Å²) in [6.45, 7) is 4.75. The smallest absolute Gasteiger partial charge is 0.222 e. The Labute approximate surface area is 202 Å². The molecule has 0 bridgehead atoms. The van der Waals surface area contributed by atoms with E-state index in [2.05, 4.69) is 10.3 Å². The second kappa shape index (κ2) is 19.1. The van der Waals surface area contributed by atoms with Crippen LogP contribution in [-0.2, 0) is 30.3 Å². The van der Waals surface area contributed by atoms with Crippen LogP contribution in [0.5, 0.6) is 0 Å². The van der Waals surface area contributed by atoms with Crippen molar-refractivity contribution in [2.24, 2.45) is 11.5 Å². The number of rotatable bonds is 21. The molecule has 0 aromatic carbocycles. The van der Waals surface area contributed by atoms with Gasteiger partial charge < -0.3 is 31.0 Å². The maximum atomic E-state index is 12.1. The minimum absolute atomic E-state index is 0.0326. The van der Waals surface area contributed by atoms with Crippen molar-refractivity contribution < 1.29 is 28.6 Å². The molecule has 0 aliphatic carbocycles. The second-order valence-electron chi connectivity index (χ2n) is 7.87. The van der Waals surface area contributed by atoms with Gasteiger partial charge in [0, 0.05) is 37.8 Å². The Morgan fingerprint density at radius 1 is 0.912 bits per heavy atom. The predicted octanol–water partition coefficient (Wildman–Crippen LogP) is 1.15. The number of ketones is 2. The van der Waals surface area contributed by atoms with Gasteiger partial charge in [0.15, 0.2) is 11.6 Å². The molecule has 1 amide bonds. The predicted molar refractivity (Wildman–Crippen MR) is 128 cm³/mol. The first-order valence-corrected chi connectivity index (χ1v) is 11.9. The van der Waals surface area contributed by atoms with E-state index >= 15 is 0 Å². The van der Waals surface area contributed by atoms with Crippen molar-refractivity contribution in [1.29, 1.82) is 0 Å². The molecule has 10 heteroatoms. The van der Waals surface area contributed by atoms with Crippen molar-refractivity contribution in [3.8, 4) is 0 Å². The molecule has 34 heavy (non-hydrogen) atoms. The topological polar surface area (TPSA) is 156 Å². The molecule has 1 unspecified atom stereocenters. The van der Waals surface area contributed by atoms with Gasteiger partial charge in [0.05, 0.1) is 44.8 Å². The van der Waals surface area contributed by atoms with Crippen molar-refractivity contribution in [2.75, 3.05) is 46.2 Å². The number of Topliss-reactive ketones (excluding diaryl/α,β-unsaturated/α-hetero) is 2. The molecule has 0 saturated carbocycles. The molecule has 0 fully saturated rings. The van der Waals surface area contributed by atoms with E-state index in [-0.39, 0.29) is 30.5 Å². The molecule has 1 rings (SSSR count). The van der Waals surface area contributed by atoms with E-state index in [1.54, 1.807) is 18.3 Å². The lowest BCUT2D eigenvalue weighted by molar-refractivity contribution is -0.127. The highest BCUT2D eigenvalue weighted by Gasteiger charge is 2.16. The van der Waals surface area contributed by atoms with Crippen molar-refractivity contribution in [3.05, 3.63) is 29.6 Å². The second-order valence-corrected chi connectivity index (χ2v) is 7.87. The van der Waals surface area contributed by atoms with Gasteiger partial charge in [-0.05, 0) is 51.3 Å². The lowest BCUT2D eigenvalue weighted by Gasteiger charge is -2.15. The zero-order valence-corrected chi connectivity index (χ0v) is 20.3. The van der Waals surface area contributed by atoms with Gasteiger partial charge in [-0.2, -0.15) is 0 Å². The molecule has 0 aliphatic heterocycles. The Morgan fingerprint density at radius 3 is 2.18 bits per heavy atom. The Morgan fingerprint density at radius 2 is 1.59 bits per heavy atom. The van der Waals surface area contributed by atoms with Crippen LogP contribution in [0.2, 0.25) is 0 Å². The lowest BCUT2D eigenvalue weighted by atomic mass is 10.1. The molecule has 5 N–H and O–H groups in total. The molecule has 10 nitrogen and oxygen atoms in total. The molecule has 0 aliphatic rings. The van der Waals surface area contributed by atoms with Crippen molar-refractivity contribution in [1.82, 2.24) is 10.3 Å². The van der Waals surface area contributed by atoms with Gasteiger partial charge in [-0.25, -0.2) is 0 Å². The highest BCUT2D eigenvalue weighted by atomic mass is 16.5. The minimum atomic E-state index is -0.458. The molecule has 0 saturated heterocycles. The number of nitrogens with zero attached hydrogens (tertiary/aromatic N) is 1. The summed E-state index contributed by atoms with van der Waals surface area (Å²) in [6.07, 6.45) is 5.00. The first kappa shape index (κ1) is 29.8. The summed E-state index contributed by atoms with van der Waals surface area (Å²) in [6, 6.07) is 3.05. The van der Waals surface area contributed by atoms with E-state index in [1.165, 1.54) is 6.92 Å². The number of nitrogens with one attached hydrogen (secondary N) is 1. The number of aromatic nitrogens is 1. The third kappa shape index (κ3) is 14.1. The van der Waals surface area contributed by atoms with Crippen LogP contribution in [0, 0.1) is 0 Å². The summed E-state index contributed by atoms with van der Waals surface area (Å²) in [5.41, 5.74) is 12.3. The maximum Gasteiger partial charge on any atom is 0.222 e. The molecule has 0 radical (unpaired) electrons. The monoisotopic (exact) mass is 480 g/mol. The summed E-state index contributed by atoms with van der Waals surface area (Å²) in [4.78, 5) is 39.8. The lowest BCUT2D eigenvalue weighted by Crippen LogP contribution is -2.40. The third-order valence-corrected chi connectivity index (χ3v) is 5.04. The fourth-order valence-electron chi connectivity index (χ4n) is 3.03. The Bertz CT molecular complexity index is 714. The quantitative estimate of drug-likeness (QED) is 0.173. The Balaban J connectivity index is 1.95. The molecule has 192 valence electrons. The van der Waals surface area contributed by atoms with Crippen molar-refractivity contribution >= 4 is 17.5 Å². The Kier molecular flexibility index (Phi) is 16.7. The van der Waals surface area contributed by atoms with E-state index in [0.29, 0.717) is 70.9 Å². The van der Waals surface area contributed by atoms with Crippen LogP contribution in [0.1, 0.15) is 61.5 Å². The Hall–Kier alpha value is -2.24. The van der Waals surface area contributed by atoms with Crippen LogP contribution >= 0.6 is 0 Å². The van der Waals surface area contributed by atoms with Gasteiger partial charge in [-0.3, -0.25) is 19.4 Å². The number of ether oxygens (including phenoxy) is 3. The fraction of sp³-hybridized carbons (Fsp3) is 0.667. The van der Waals surface area contributed by atoms with Gasteiger partial charge in [0.1, 0.15) is 0 Å². The van der Waals surface area contributed by atoms with E-state index in [1.807, 2.05) is 0 Å². The first-order chi connectivity index (χ1) is 16.5. The van der Waals surface area contributed by atoms with Gasteiger partial charge in [-0.1, -0.05) is 0 Å². The number of hydrogen-bond acceptors (Lipinski definition) is 9. The molecule has 0 spiro atoms. The van der Waals surface area contributed by atoms with Gasteiger partial charge in [0.25, 0.3) is 0 Å². The van der Waals surface area contributed by atoms with E-state index < -0.39 is 6.04 Å². The van der Waals surface area contributed by atoms with Crippen LogP contribution in [0.15, 0.2) is 18.3 Å². The first-order valence-electron chi connectivity index (χ1n) is 11.9. The highest BCUT2D eigenvalue weighted by molar-refractivity contribution is 5.95. The highest BCUT2D eigenvalue weighted by Crippen LogP contribution is 2.06. The molecular formula is C24H40N4O6. The summed E-state index contributed by atoms with van der Waals surface area (Å²) >= 11 is 0. The minimum Gasteiger partial charge on any atom is -0.379 e. The van der Waals surface area contributed by atoms with E-state index in [0.717, 1.165) is 18.5 Å². The summed E-state index contributed by atoms with van der Waals surface area (Å²) in [5, 5.41) is 2.75.